The monoisotopic (exact) mass is 482 g/mol. The molecule has 182 valence electrons. The second-order valence-electron chi connectivity index (χ2n) is 9.56. The summed E-state index contributed by atoms with van der Waals surface area (Å²) in [6.07, 6.45) is -1.97. The second-order valence-corrected chi connectivity index (χ2v) is 9.56. The second kappa shape index (κ2) is 8.61. The molecule has 9 heteroatoms. The Balaban J connectivity index is 1.34. The zero-order chi connectivity index (χ0) is 24.8. The van der Waals surface area contributed by atoms with E-state index in [-0.39, 0.29) is 24.9 Å². The molecule has 2 N–H and O–H groups in total. The van der Waals surface area contributed by atoms with E-state index in [0.717, 1.165) is 22.5 Å². The summed E-state index contributed by atoms with van der Waals surface area (Å²) >= 11 is 0. The van der Waals surface area contributed by atoms with Gasteiger partial charge in [0.05, 0.1) is 30.2 Å². The molecule has 2 saturated heterocycles. The van der Waals surface area contributed by atoms with Crippen molar-refractivity contribution in [3.8, 4) is 6.07 Å². The number of nitrogens with zero attached hydrogens (tertiary/aromatic N) is 3. The van der Waals surface area contributed by atoms with E-state index in [0.29, 0.717) is 38.3 Å². The maximum absolute atomic E-state index is 13.5. The highest BCUT2D eigenvalue weighted by molar-refractivity contribution is 5.89. The summed E-state index contributed by atoms with van der Waals surface area (Å²) in [5.74, 6) is -0.0978. The molecule has 0 aliphatic carbocycles. The van der Waals surface area contributed by atoms with Gasteiger partial charge in [0.25, 0.3) is 0 Å². The van der Waals surface area contributed by atoms with Crippen LogP contribution in [-0.2, 0) is 17.4 Å². The first-order valence-corrected chi connectivity index (χ1v) is 11.5. The van der Waals surface area contributed by atoms with Crippen molar-refractivity contribution in [1.82, 2.24) is 9.88 Å². The highest BCUT2D eigenvalue weighted by Gasteiger charge is 2.50. The fraction of sp³-hybridized carbons (Fsp3) is 0.385. The maximum Gasteiger partial charge on any atom is 0.417 e. The highest BCUT2D eigenvalue weighted by atomic mass is 19.4. The molecule has 6 nitrogen and oxygen atoms in total. The van der Waals surface area contributed by atoms with Gasteiger partial charge in [-0.25, -0.2) is 0 Å². The number of hydrogen-bond donors (Lipinski definition) is 2. The van der Waals surface area contributed by atoms with Gasteiger partial charge in [-0.1, -0.05) is 18.2 Å². The van der Waals surface area contributed by atoms with Crippen molar-refractivity contribution in [2.45, 2.75) is 19.0 Å². The lowest BCUT2D eigenvalue weighted by molar-refractivity contribution is -0.137. The smallest absolute Gasteiger partial charge is 0.396 e. The molecule has 0 bridgehead atoms. The number of carbonyl (C=O) groups excluding carboxylic acids is 1. The Morgan fingerprint density at radius 3 is 2.77 bits per heavy atom. The first-order chi connectivity index (χ1) is 16.7. The number of hydrogen-bond acceptors (Lipinski definition) is 4. The number of aromatic amines is 1. The molecule has 3 aromatic rings. The van der Waals surface area contributed by atoms with Crippen molar-refractivity contribution in [3.05, 3.63) is 65.4 Å². The van der Waals surface area contributed by atoms with Crippen molar-refractivity contribution >= 4 is 22.5 Å². The third-order valence-corrected chi connectivity index (χ3v) is 7.61. The zero-order valence-corrected chi connectivity index (χ0v) is 19.0. The Hall–Kier alpha value is -3.51. The molecular formula is C26H25F3N4O2. The maximum atomic E-state index is 13.5. The van der Waals surface area contributed by atoms with E-state index in [1.54, 1.807) is 11.0 Å². The van der Waals surface area contributed by atoms with Gasteiger partial charge in [0.1, 0.15) is 0 Å². The van der Waals surface area contributed by atoms with Crippen LogP contribution in [0.15, 0.2) is 48.7 Å². The van der Waals surface area contributed by atoms with Crippen molar-refractivity contribution in [2.24, 2.45) is 11.3 Å². The predicted octanol–water partition coefficient (Wildman–Crippen LogP) is 3.95. The van der Waals surface area contributed by atoms with Crippen molar-refractivity contribution < 1.29 is 23.1 Å². The van der Waals surface area contributed by atoms with Gasteiger partial charge in [-0.3, -0.25) is 4.79 Å². The van der Waals surface area contributed by atoms with Gasteiger partial charge in [0.15, 0.2) is 0 Å². The molecule has 2 atom stereocenters. The van der Waals surface area contributed by atoms with Gasteiger partial charge in [0.2, 0.25) is 5.91 Å². The van der Waals surface area contributed by atoms with E-state index in [9.17, 15) is 23.1 Å². The molecule has 2 aromatic carbocycles. The summed E-state index contributed by atoms with van der Waals surface area (Å²) in [4.78, 5) is 20.0. The molecule has 2 aliphatic heterocycles. The summed E-state index contributed by atoms with van der Waals surface area (Å²) in [6, 6.07) is 13.2. The number of likely N-dealkylation sites (tertiary alicyclic amines) is 1. The summed E-state index contributed by atoms with van der Waals surface area (Å²) in [7, 11) is 0. The molecule has 0 saturated carbocycles. The fourth-order valence-electron chi connectivity index (χ4n) is 5.58. The largest absolute Gasteiger partial charge is 0.417 e. The Labute approximate surface area is 200 Å². The predicted molar refractivity (Wildman–Crippen MR) is 125 cm³/mol. The number of piperidine rings is 1. The zero-order valence-electron chi connectivity index (χ0n) is 19.0. The number of benzene rings is 2. The van der Waals surface area contributed by atoms with Gasteiger partial charge >= 0.3 is 6.18 Å². The summed E-state index contributed by atoms with van der Waals surface area (Å²) < 4.78 is 40.4. The molecule has 0 spiro atoms. The van der Waals surface area contributed by atoms with E-state index in [1.165, 1.54) is 12.1 Å². The number of aliphatic hydroxyl groups excluding tert-OH is 1. The third-order valence-electron chi connectivity index (χ3n) is 7.61. The van der Waals surface area contributed by atoms with Crippen molar-refractivity contribution in [3.63, 3.8) is 0 Å². The quantitative estimate of drug-likeness (QED) is 0.590. The van der Waals surface area contributed by atoms with Gasteiger partial charge in [-0.15, -0.1) is 0 Å². The minimum absolute atomic E-state index is 0.0266. The number of amides is 1. The number of aromatic nitrogens is 1. The summed E-state index contributed by atoms with van der Waals surface area (Å²) in [5, 5.41) is 20.4. The molecule has 1 aromatic heterocycles. The van der Waals surface area contributed by atoms with E-state index >= 15 is 0 Å². The van der Waals surface area contributed by atoms with Gasteiger partial charge < -0.3 is 19.9 Å². The normalized spacial score (nSPS) is 22.3. The number of halogens is 3. The van der Waals surface area contributed by atoms with Crippen molar-refractivity contribution in [2.75, 3.05) is 37.7 Å². The number of fused-ring (bicyclic) bond motifs is 2. The van der Waals surface area contributed by atoms with Crippen LogP contribution in [0.4, 0.5) is 18.9 Å². The average molecular weight is 483 g/mol. The standard InChI is InChI=1S/C26H25F3N4O2/c27-26(28,29)22-10-20(6-5-17(22)11-30)32-8-7-25(16-34)15-33(14-19(25)13-32)24(35)9-18-12-31-23-4-2-1-3-21(18)23/h1-6,10,12,19,31,34H,7-9,13-16H2/t19-,25+/m1/s1. The van der Waals surface area contributed by atoms with Crippen molar-refractivity contribution in [1.29, 1.82) is 5.26 Å². The number of aliphatic hydroxyl groups is 1. The molecule has 1 amide bonds. The van der Waals surface area contributed by atoms with Crippen LogP contribution in [0.3, 0.4) is 0 Å². The van der Waals surface area contributed by atoms with Crippen LogP contribution >= 0.6 is 0 Å². The topological polar surface area (TPSA) is 83.4 Å². The Kier molecular flexibility index (Phi) is 5.72. The third kappa shape index (κ3) is 4.12. The van der Waals surface area contributed by atoms with Crippen LogP contribution in [0, 0.1) is 22.7 Å². The van der Waals surface area contributed by atoms with Gasteiger partial charge in [-0.2, -0.15) is 18.4 Å². The molecule has 35 heavy (non-hydrogen) atoms. The Bertz CT molecular complexity index is 1310. The SMILES string of the molecule is N#Cc1ccc(N2CC[C@@]3(CO)CN(C(=O)Cc4c[nH]c5ccccc45)C[C@H]3C2)cc1C(F)(F)F. The lowest BCUT2D eigenvalue weighted by Gasteiger charge is -2.43. The lowest BCUT2D eigenvalue weighted by Crippen LogP contribution is -2.49. The number of nitriles is 1. The number of alkyl halides is 3. The number of rotatable bonds is 4. The molecule has 2 fully saturated rings. The van der Waals surface area contributed by atoms with Crippen LogP contribution in [0.25, 0.3) is 10.9 Å². The molecule has 5 rings (SSSR count). The fourth-order valence-corrected chi connectivity index (χ4v) is 5.58. The van der Waals surface area contributed by atoms with Crippen LogP contribution in [0.1, 0.15) is 23.1 Å². The van der Waals surface area contributed by atoms with Crippen LogP contribution in [0.2, 0.25) is 0 Å². The number of carbonyl (C=O) groups is 1. The van der Waals surface area contributed by atoms with E-state index in [4.69, 9.17) is 5.26 Å². The summed E-state index contributed by atoms with van der Waals surface area (Å²) in [6.45, 7) is 1.69. The first kappa shape index (κ1) is 23.2. The number of H-pyrrole nitrogens is 1. The molecule has 3 heterocycles. The molecular weight excluding hydrogens is 457 g/mol. The molecule has 0 unspecified atom stereocenters. The minimum atomic E-state index is -4.62. The minimum Gasteiger partial charge on any atom is -0.396 e. The average Bonchev–Trinajstić information content (AvgIpc) is 3.44. The first-order valence-electron chi connectivity index (χ1n) is 11.5. The number of nitrogens with one attached hydrogen (secondary N) is 1. The summed E-state index contributed by atoms with van der Waals surface area (Å²) in [5.41, 5.74) is 0.458. The number of anilines is 1. The van der Waals surface area contributed by atoms with Crippen LogP contribution in [0.5, 0.6) is 0 Å². The number of para-hydroxylation sites is 1. The highest BCUT2D eigenvalue weighted by Crippen LogP contribution is 2.44. The van der Waals surface area contributed by atoms with Gasteiger partial charge in [0, 0.05) is 60.3 Å². The van der Waals surface area contributed by atoms with Gasteiger partial charge in [-0.05, 0) is 36.2 Å². The molecule has 2 aliphatic rings. The van der Waals surface area contributed by atoms with E-state index < -0.39 is 22.7 Å². The Morgan fingerprint density at radius 1 is 1.23 bits per heavy atom. The lowest BCUT2D eigenvalue weighted by atomic mass is 9.73. The van der Waals surface area contributed by atoms with E-state index in [1.807, 2.05) is 35.4 Å². The molecule has 0 radical (unpaired) electrons. The van der Waals surface area contributed by atoms with Crippen LogP contribution in [-0.4, -0.2) is 53.7 Å². The van der Waals surface area contributed by atoms with E-state index in [2.05, 4.69) is 4.98 Å². The van der Waals surface area contributed by atoms with Crippen LogP contribution < -0.4 is 4.90 Å². The Morgan fingerprint density at radius 2 is 2.03 bits per heavy atom.